The van der Waals surface area contributed by atoms with Gasteiger partial charge in [0.1, 0.15) is 18.9 Å². The minimum Gasteiger partial charge on any atom is -0.484 e. The van der Waals surface area contributed by atoms with Gasteiger partial charge in [0, 0.05) is 17.1 Å². The van der Waals surface area contributed by atoms with Gasteiger partial charge < -0.3 is 14.8 Å². The lowest BCUT2D eigenvalue weighted by Crippen LogP contribution is -2.34. The van der Waals surface area contributed by atoms with E-state index >= 15 is 0 Å². The largest absolute Gasteiger partial charge is 0.484 e. The molecule has 2 aromatic heterocycles. The zero-order valence-corrected chi connectivity index (χ0v) is 16.2. The van der Waals surface area contributed by atoms with E-state index in [0.29, 0.717) is 16.4 Å². The molecule has 0 aliphatic rings. The minimum atomic E-state index is -0.631. The van der Waals surface area contributed by atoms with Crippen molar-refractivity contribution in [2.24, 2.45) is 0 Å². The van der Waals surface area contributed by atoms with Crippen LogP contribution in [0.5, 0.6) is 5.75 Å². The standard InChI is InChI=1S/C19H19N3O5S/c1-12-3-5-15(6-4-12)26-10-16(23)20-8-18(25)27-9-14-7-17(24)22-13(2)11-28-19(22)21-14/h3-7,11H,8-10H2,1-2H3,(H,20,23). The second kappa shape index (κ2) is 8.66. The molecule has 0 unspecified atom stereocenters. The summed E-state index contributed by atoms with van der Waals surface area (Å²) in [7, 11) is 0. The number of carbonyl (C=O) groups is 2. The molecule has 146 valence electrons. The summed E-state index contributed by atoms with van der Waals surface area (Å²) in [5.41, 5.74) is 2.02. The molecule has 0 saturated carbocycles. The Hall–Kier alpha value is -3.20. The molecule has 0 aliphatic carbocycles. The van der Waals surface area contributed by atoms with Gasteiger partial charge in [0.2, 0.25) is 0 Å². The first-order chi connectivity index (χ1) is 13.4. The van der Waals surface area contributed by atoms with Gasteiger partial charge >= 0.3 is 5.97 Å². The number of carbonyl (C=O) groups excluding carboxylic acids is 2. The lowest BCUT2D eigenvalue weighted by Gasteiger charge is -2.08. The molecule has 3 rings (SSSR count). The van der Waals surface area contributed by atoms with Crippen LogP contribution in [0.4, 0.5) is 0 Å². The molecule has 1 N–H and O–H groups in total. The van der Waals surface area contributed by atoms with Crippen LogP contribution >= 0.6 is 11.3 Å². The fourth-order valence-corrected chi connectivity index (χ4v) is 3.28. The number of nitrogens with zero attached hydrogens (tertiary/aromatic N) is 2. The summed E-state index contributed by atoms with van der Waals surface area (Å²) in [6.45, 7) is 3.13. The van der Waals surface area contributed by atoms with Crippen molar-refractivity contribution >= 4 is 28.2 Å². The van der Waals surface area contributed by atoms with Crippen LogP contribution in [0.25, 0.3) is 4.96 Å². The summed E-state index contributed by atoms with van der Waals surface area (Å²) in [4.78, 5) is 40.5. The van der Waals surface area contributed by atoms with Crippen LogP contribution in [-0.2, 0) is 20.9 Å². The van der Waals surface area contributed by atoms with E-state index in [-0.39, 0.29) is 25.3 Å². The average molecular weight is 401 g/mol. The fourth-order valence-electron chi connectivity index (χ4n) is 2.39. The number of thiazole rings is 1. The summed E-state index contributed by atoms with van der Waals surface area (Å²) >= 11 is 1.34. The highest BCUT2D eigenvalue weighted by atomic mass is 32.1. The summed E-state index contributed by atoms with van der Waals surface area (Å²) in [6.07, 6.45) is 0. The SMILES string of the molecule is Cc1ccc(OCC(=O)NCC(=O)OCc2cc(=O)n3c(C)csc3n2)cc1. The van der Waals surface area contributed by atoms with E-state index in [2.05, 4.69) is 10.3 Å². The molecule has 0 bridgehead atoms. The molecular weight excluding hydrogens is 382 g/mol. The average Bonchev–Trinajstić information content (AvgIpc) is 3.05. The van der Waals surface area contributed by atoms with E-state index in [1.165, 1.54) is 21.8 Å². The number of esters is 1. The first kappa shape index (κ1) is 19.6. The van der Waals surface area contributed by atoms with Gasteiger partial charge in [-0.3, -0.25) is 18.8 Å². The number of hydrogen-bond acceptors (Lipinski definition) is 7. The van der Waals surface area contributed by atoms with Crippen molar-refractivity contribution in [2.75, 3.05) is 13.2 Å². The van der Waals surface area contributed by atoms with Gasteiger partial charge in [0.25, 0.3) is 11.5 Å². The molecule has 0 atom stereocenters. The molecule has 9 heteroatoms. The Kier molecular flexibility index (Phi) is 6.05. The van der Waals surface area contributed by atoms with Crippen molar-refractivity contribution < 1.29 is 19.1 Å². The molecule has 8 nitrogen and oxygen atoms in total. The van der Waals surface area contributed by atoms with Crippen LogP contribution in [0.1, 0.15) is 17.0 Å². The predicted octanol–water partition coefficient (Wildman–Crippen LogP) is 1.61. The highest BCUT2D eigenvalue weighted by molar-refractivity contribution is 7.15. The van der Waals surface area contributed by atoms with Crippen molar-refractivity contribution in [3.05, 3.63) is 63.0 Å². The molecule has 0 saturated heterocycles. The second-order valence-electron chi connectivity index (χ2n) is 6.12. The maximum absolute atomic E-state index is 12.1. The number of benzene rings is 1. The monoisotopic (exact) mass is 401 g/mol. The van der Waals surface area contributed by atoms with Crippen LogP contribution in [-0.4, -0.2) is 34.4 Å². The van der Waals surface area contributed by atoms with E-state index in [1.807, 2.05) is 31.4 Å². The zero-order chi connectivity index (χ0) is 20.1. The normalized spacial score (nSPS) is 10.6. The molecule has 0 radical (unpaired) electrons. The van der Waals surface area contributed by atoms with Gasteiger partial charge in [-0.1, -0.05) is 17.7 Å². The maximum Gasteiger partial charge on any atom is 0.325 e. The van der Waals surface area contributed by atoms with Gasteiger partial charge in [-0.15, -0.1) is 11.3 Å². The molecule has 3 aromatic rings. The Balaban J connectivity index is 1.43. The van der Waals surface area contributed by atoms with Crippen LogP contribution < -0.4 is 15.6 Å². The van der Waals surface area contributed by atoms with Gasteiger partial charge in [-0.05, 0) is 26.0 Å². The highest BCUT2D eigenvalue weighted by Crippen LogP contribution is 2.12. The lowest BCUT2D eigenvalue weighted by atomic mass is 10.2. The van der Waals surface area contributed by atoms with Crippen LogP contribution in [0.15, 0.2) is 40.5 Å². The molecule has 0 fully saturated rings. The minimum absolute atomic E-state index is 0.142. The Morgan fingerprint density at radius 3 is 2.71 bits per heavy atom. The number of amides is 1. The second-order valence-corrected chi connectivity index (χ2v) is 6.96. The van der Waals surface area contributed by atoms with E-state index in [1.54, 1.807) is 12.1 Å². The molecule has 1 aromatic carbocycles. The van der Waals surface area contributed by atoms with Crippen molar-refractivity contribution in [2.45, 2.75) is 20.5 Å². The van der Waals surface area contributed by atoms with Gasteiger partial charge in [0.15, 0.2) is 11.6 Å². The van der Waals surface area contributed by atoms with Crippen LogP contribution in [0.2, 0.25) is 0 Å². The number of hydrogen-bond donors (Lipinski definition) is 1. The third-order valence-corrected chi connectivity index (χ3v) is 4.77. The Morgan fingerprint density at radius 2 is 1.96 bits per heavy atom. The van der Waals surface area contributed by atoms with Crippen molar-refractivity contribution in [3.8, 4) is 5.75 Å². The van der Waals surface area contributed by atoms with E-state index in [4.69, 9.17) is 9.47 Å². The lowest BCUT2D eigenvalue weighted by molar-refractivity contribution is -0.145. The number of ether oxygens (including phenoxy) is 2. The van der Waals surface area contributed by atoms with Crippen molar-refractivity contribution in [1.29, 1.82) is 0 Å². The molecule has 0 spiro atoms. The first-order valence-corrected chi connectivity index (χ1v) is 9.39. The van der Waals surface area contributed by atoms with Crippen LogP contribution in [0.3, 0.4) is 0 Å². The molecule has 1 amide bonds. The summed E-state index contributed by atoms with van der Waals surface area (Å²) in [6, 6.07) is 8.60. The summed E-state index contributed by atoms with van der Waals surface area (Å²) in [5.74, 6) is -0.502. The van der Waals surface area contributed by atoms with Crippen LogP contribution in [0, 0.1) is 13.8 Å². The predicted molar refractivity (Wildman–Crippen MR) is 104 cm³/mol. The Labute approximate surface area is 164 Å². The summed E-state index contributed by atoms with van der Waals surface area (Å²) < 4.78 is 11.9. The maximum atomic E-state index is 12.1. The molecule has 28 heavy (non-hydrogen) atoms. The smallest absolute Gasteiger partial charge is 0.325 e. The van der Waals surface area contributed by atoms with Gasteiger partial charge in [0.05, 0.1) is 5.69 Å². The van der Waals surface area contributed by atoms with Crippen molar-refractivity contribution in [3.63, 3.8) is 0 Å². The quantitative estimate of drug-likeness (QED) is 0.604. The zero-order valence-electron chi connectivity index (χ0n) is 15.4. The fraction of sp³-hybridized carbons (Fsp3) is 0.263. The molecular formula is C19H19N3O5S. The third kappa shape index (κ3) is 4.95. The number of aromatic nitrogens is 2. The number of nitrogens with one attached hydrogen (secondary N) is 1. The number of aryl methyl sites for hydroxylation is 2. The topological polar surface area (TPSA) is 99.0 Å². The third-order valence-electron chi connectivity index (χ3n) is 3.83. The van der Waals surface area contributed by atoms with E-state index < -0.39 is 11.9 Å². The number of rotatable bonds is 7. The van der Waals surface area contributed by atoms with Gasteiger partial charge in [-0.2, -0.15) is 0 Å². The van der Waals surface area contributed by atoms with Gasteiger partial charge in [-0.25, -0.2) is 4.98 Å². The molecule has 2 heterocycles. The Morgan fingerprint density at radius 1 is 1.21 bits per heavy atom. The first-order valence-electron chi connectivity index (χ1n) is 8.51. The van der Waals surface area contributed by atoms with Crippen molar-refractivity contribution in [1.82, 2.24) is 14.7 Å². The molecule has 0 aliphatic heterocycles. The number of fused-ring (bicyclic) bond motifs is 1. The van der Waals surface area contributed by atoms with E-state index in [9.17, 15) is 14.4 Å². The Bertz CT molecular complexity index is 1060. The summed E-state index contributed by atoms with van der Waals surface area (Å²) in [5, 5.41) is 4.25. The highest BCUT2D eigenvalue weighted by Gasteiger charge is 2.10. The van der Waals surface area contributed by atoms with E-state index in [0.717, 1.165) is 11.3 Å².